The van der Waals surface area contributed by atoms with Crippen LogP contribution in [-0.4, -0.2) is 73.4 Å². The van der Waals surface area contributed by atoms with Gasteiger partial charge in [-0.2, -0.15) is 0 Å². The van der Waals surface area contributed by atoms with Crippen LogP contribution in [0.15, 0.2) is 36.5 Å². The van der Waals surface area contributed by atoms with E-state index in [2.05, 4.69) is 43.5 Å². The van der Waals surface area contributed by atoms with E-state index < -0.39 is 20.0 Å². The third-order valence-corrected chi connectivity index (χ3v) is 16.6. The fraction of sp³-hybridized carbons (Fsp3) is 0.897. The summed E-state index contributed by atoms with van der Waals surface area (Å²) < 4.78 is 23.8. The van der Waals surface area contributed by atoms with Crippen LogP contribution in [-0.2, 0) is 18.4 Å². The first kappa shape index (κ1) is 75.7. The highest BCUT2D eigenvalue weighted by molar-refractivity contribution is 7.47. The van der Waals surface area contributed by atoms with Crippen molar-refractivity contribution in [2.24, 2.45) is 0 Å². The number of phosphoric ester groups is 1. The maximum absolute atomic E-state index is 13.0. The molecule has 0 fully saturated rings. The van der Waals surface area contributed by atoms with Crippen LogP contribution in [0.3, 0.4) is 0 Å². The number of hydrogen-bond donors (Lipinski definition) is 3. The first-order valence-electron chi connectivity index (χ1n) is 33.9. The summed E-state index contributed by atoms with van der Waals surface area (Å²) in [5.41, 5.74) is 0. The summed E-state index contributed by atoms with van der Waals surface area (Å²) in [6.45, 7) is 4.85. The van der Waals surface area contributed by atoms with Crippen LogP contribution in [0.1, 0.15) is 341 Å². The van der Waals surface area contributed by atoms with Gasteiger partial charge in [0.2, 0.25) is 5.91 Å². The van der Waals surface area contributed by atoms with E-state index in [1.807, 2.05) is 27.2 Å². The van der Waals surface area contributed by atoms with Crippen LogP contribution in [0, 0.1) is 0 Å². The summed E-state index contributed by atoms with van der Waals surface area (Å²) in [6.07, 6.45) is 78.7. The summed E-state index contributed by atoms with van der Waals surface area (Å²) in [5.74, 6) is -0.184. The van der Waals surface area contributed by atoms with Crippen molar-refractivity contribution < 1.29 is 32.9 Å². The average molecular weight is 1110 g/mol. The Labute approximate surface area is 480 Å². The highest BCUT2D eigenvalue weighted by atomic mass is 31.2. The predicted octanol–water partition coefficient (Wildman–Crippen LogP) is 21.3. The molecule has 0 saturated carbocycles. The molecule has 0 aromatic rings. The number of nitrogens with one attached hydrogen (secondary N) is 1. The summed E-state index contributed by atoms with van der Waals surface area (Å²) in [4.78, 5) is 23.4. The maximum Gasteiger partial charge on any atom is 0.472 e. The molecule has 0 aliphatic heterocycles. The van der Waals surface area contributed by atoms with E-state index in [0.717, 1.165) is 44.9 Å². The number of rotatable bonds is 63. The molecule has 0 radical (unpaired) electrons. The van der Waals surface area contributed by atoms with Gasteiger partial charge in [0.1, 0.15) is 13.2 Å². The van der Waals surface area contributed by atoms with Gasteiger partial charge in [-0.3, -0.25) is 13.8 Å². The quantitative estimate of drug-likeness (QED) is 0.0243. The lowest BCUT2D eigenvalue weighted by atomic mass is 10.0. The maximum atomic E-state index is 13.0. The van der Waals surface area contributed by atoms with Gasteiger partial charge in [0, 0.05) is 6.42 Å². The first-order valence-corrected chi connectivity index (χ1v) is 35.4. The van der Waals surface area contributed by atoms with E-state index in [0.29, 0.717) is 17.4 Å². The zero-order chi connectivity index (χ0) is 56.3. The minimum absolute atomic E-state index is 0.0554. The Hall–Kier alpha value is -1.28. The Bertz CT molecular complexity index is 1350. The Morgan fingerprint density at radius 3 is 1.04 bits per heavy atom. The first-order chi connectivity index (χ1) is 37.5. The molecule has 1 amide bonds. The highest BCUT2D eigenvalue weighted by Crippen LogP contribution is 2.43. The molecule has 0 aliphatic carbocycles. The molecular weight excluding hydrogens is 972 g/mol. The van der Waals surface area contributed by atoms with Gasteiger partial charge in [-0.05, 0) is 44.9 Å². The second kappa shape index (κ2) is 59.3. The number of phosphoric acid groups is 1. The molecule has 0 aromatic heterocycles. The van der Waals surface area contributed by atoms with Crippen molar-refractivity contribution in [2.75, 3.05) is 40.9 Å². The van der Waals surface area contributed by atoms with Crippen LogP contribution < -0.4 is 5.32 Å². The van der Waals surface area contributed by atoms with Gasteiger partial charge in [-0.1, -0.05) is 326 Å². The molecule has 3 N–H and O–H groups in total. The van der Waals surface area contributed by atoms with E-state index in [-0.39, 0.29) is 19.1 Å². The summed E-state index contributed by atoms with van der Waals surface area (Å²) in [6, 6.07) is -0.869. The Balaban J connectivity index is 4.14. The number of likely N-dealkylation sites (N-methyl/N-ethyl adjacent to an activating group) is 1. The number of amides is 1. The van der Waals surface area contributed by atoms with Gasteiger partial charge in [0.05, 0.1) is 39.9 Å². The lowest BCUT2D eigenvalue weighted by molar-refractivity contribution is -0.870. The molecule has 0 bridgehead atoms. The van der Waals surface area contributed by atoms with Crippen LogP contribution in [0.4, 0.5) is 0 Å². The molecule has 0 heterocycles. The van der Waals surface area contributed by atoms with E-state index in [1.165, 1.54) is 276 Å². The van der Waals surface area contributed by atoms with E-state index in [4.69, 9.17) is 9.05 Å². The number of nitrogens with zero attached hydrogens (tertiary/aromatic N) is 1. The van der Waals surface area contributed by atoms with Gasteiger partial charge in [0.25, 0.3) is 0 Å². The molecule has 8 nitrogen and oxygen atoms in total. The van der Waals surface area contributed by atoms with E-state index >= 15 is 0 Å². The zero-order valence-electron chi connectivity index (χ0n) is 52.2. The van der Waals surface area contributed by atoms with Crippen LogP contribution in [0.2, 0.25) is 0 Å². The number of aliphatic hydroxyl groups is 1. The highest BCUT2D eigenvalue weighted by Gasteiger charge is 2.28. The zero-order valence-corrected chi connectivity index (χ0v) is 53.1. The van der Waals surface area contributed by atoms with Crippen LogP contribution >= 0.6 is 7.82 Å². The number of quaternary nitrogens is 1. The largest absolute Gasteiger partial charge is 0.472 e. The summed E-state index contributed by atoms with van der Waals surface area (Å²) >= 11 is 0. The third-order valence-electron chi connectivity index (χ3n) is 15.6. The topological polar surface area (TPSA) is 105 Å². The van der Waals surface area contributed by atoms with Crippen molar-refractivity contribution in [1.29, 1.82) is 0 Å². The van der Waals surface area contributed by atoms with Gasteiger partial charge in [0.15, 0.2) is 0 Å². The number of hydrogen-bond acceptors (Lipinski definition) is 5. The molecule has 3 unspecified atom stereocenters. The third kappa shape index (κ3) is 62.2. The predicted molar refractivity (Wildman–Crippen MR) is 337 cm³/mol. The van der Waals surface area contributed by atoms with Gasteiger partial charge in [-0.25, -0.2) is 4.57 Å². The second-order valence-corrected chi connectivity index (χ2v) is 26.0. The second-order valence-electron chi connectivity index (χ2n) is 24.5. The van der Waals surface area contributed by atoms with Gasteiger partial charge in [-0.15, -0.1) is 0 Å². The normalized spacial score (nSPS) is 13.9. The fourth-order valence-corrected chi connectivity index (χ4v) is 11.1. The van der Waals surface area contributed by atoms with Crippen molar-refractivity contribution in [1.82, 2.24) is 5.32 Å². The number of carbonyl (C=O) groups is 1. The Morgan fingerprint density at radius 2 is 0.714 bits per heavy atom. The van der Waals surface area contributed by atoms with Crippen molar-refractivity contribution in [3.05, 3.63) is 36.5 Å². The average Bonchev–Trinajstić information content (AvgIpc) is 3.39. The van der Waals surface area contributed by atoms with Crippen molar-refractivity contribution in [3.8, 4) is 0 Å². The van der Waals surface area contributed by atoms with Crippen molar-refractivity contribution >= 4 is 13.7 Å². The molecule has 0 aromatic carbocycles. The Morgan fingerprint density at radius 1 is 0.429 bits per heavy atom. The molecule has 0 aliphatic rings. The fourth-order valence-electron chi connectivity index (χ4n) is 10.3. The van der Waals surface area contributed by atoms with E-state index in [9.17, 15) is 19.4 Å². The van der Waals surface area contributed by atoms with Crippen LogP contribution in [0.5, 0.6) is 0 Å². The summed E-state index contributed by atoms with van der Waals surface area (Å²) in [7, 11) is 1.56. The van der Waals surface area contributed by atoms with Crippen LogP contribution in [0.25, 0.3) is 0 Å². The lowest BCUT2D eigenvalue weighted by Crippen LogP contribution is -2.45. The minimum Gasteiger partial charge on any atom is -0.387 e. The minimum atomic E-state index is -4.36. The lowest BCUT2D eigenvalue weighted by Gasteiger charge is -2.25. The number of carbonyl (C=O) groups excluding carboxylic acids is 1. The number of unbranched alkanes of at least 4 members (excludes halogenated alkanes) is 46. The summed E-state index contributed by atoms with van der Waals surface area (Å²) in [5, 5.41) is 14.0. The monoisotopic (exact) mass is 1110 g/mol. The SMILES string of the molecule is CCCCCCCCCCCCCCCCCCCCC/C=C/CC/C=C/CC/C=C/C(O)C(COP(=O)(O)OCC[N+](C)(C)C)NC(=O)CCCCCCCCCCCCCCCCCCCCCCCCCCCC. The number of aliphatic hydroxyl groups excluding tert-OH is 1. The molecule has 0 rings (SSSR count). The van der Waals surface area contributed by atoms with Crippen molar-refractivity contribution in [2.45, 2.75) is 353 Å². The molecule has 9 heteroatoms. The smallest absolute Gasteiger partial charge is 0.387 e. The molecule has 0 spiro atoms. The standard InChI is InChI=1S/C68H133N2O6P/c1-6-8-10-12-14-16-18-20-22-24-26-28-30-32-34-35-36-37-39-41-43-45-47-49-51-53-55-57-59-61-67(71)66(65-76-77(73,74)75-64-63-70(3,4)5)69-68(72)62-60-58-56-54-52-50-48-46-44-42-40-38-33-31-29-27-25-23-21-19-17-15-13-11-9-7-2/h43,45,51,53,59,61,66-67,71H,6-42,44,46-50,52,54-58,60,62-65H2,1-5H3,(H-,69,72,73,74)/p+1/b45-43+,53-51+,61-59+. The molecule has 77 heavy (non-hydrogen) atoms. The number of allylic oxidation sites excluding steroid dienone is 5. The molecule has 3 atom stereocenters. The van der Waals surface area contributed by atoms with E-state index in [1.54, 1.807) is 6.08 Å². The molecule has 456 valence electrons. The molecular formula is C68H134N2O6P+. The Kier molecular flexibility index (Phi) is 58.4. The van der Waals surface area contributed by atoms with Gasteiger partial charge < -0.3 is 19.8 Å². The van der Waals surface area contributed by atoms with Crippen molar-refractivity contribution in [3.63, 3.8) is 0 Å². The van der Waals surface area contributed by atoms with Gasteiger partial charge >= 0.3 is 7.82 Å². The molecule has 0 saturated heterocycles.